The number of nitrogens with zero attached hydrogens (tertiary/aromatic N) is 2. The Morgan fingerprint density at radius 2 is 2.25 bits per heavy atom. The first-order chi connectivity index (χ1) is 7.84. The summed E-state index contributed by atoms with van der Waals surface area (Å²) in [4.78, 5) is 0. The SMILES string of the molecule is S=c1[nH]nc(C2CC2)n1CC1CCCCS1. The molecule has 3 nitrogen and oxygen atoms in total. The molecule has 16 heavy (non-hydrogen) atoms. The van der Waals surface area contributed by atoms with Gasteiger partial charge in [-0.3, -0.25) is 5.10 Å². The molecule has 1 aliphatic heterocycles. The van der Waals surface area contributed by atoms with E-state index in [2.05, 4.69) is 26.5 Å². The fourth-order valence-corrected chi connectivity index (χ4v) is 3.82. The molecule has 2 fully saturated rings. The van der Waals surface area contributed by atoms with Crippen LogP contribution in [0.2, 0.25) is 0 Å². The summed E-state index contributed by atoms with van der Waals surface area (Å²) in [6.45, 7) is 1.06. The second-order valence-corrected chi connectivity index (χ2v) is 6.56. The Balaban J connectivity index is 1.76. The van der Waals surface area contributed by atoms with Gasteiger partial charge in [-0.05, 0) is 43.7 Å². The molecule has 2 aliphatic rings. The van der Waals surface area contributed by atoms with Crippen molar-refractivity contribution in [1.29, 1.82) is 0 Å². The van der Waals surface area contributed by atoms with Crippen LogP contribution in [0.1, 0.15) is 43.8 Å². The van der Waals surface area contributed by atoms with Crippen LogP contribution in [0, 0.1) is 4.77 Å². The lowest BCUT2D eigenvalue weighted by molar-refractivity contribution is 0.563. The largest absolute Gasteiger partial charge is 0.303 e. The van der Waals surface area contributed by atoms with Crippen LogP contribution in [-0.4, -0.2) is 25.8 Å². The van der Waals surface area contributed by atoms with Crippen LogP contribution in [0.5, 0.6) is 0 Å². The van der Waals surface area contributed by atoms with Gasteiger partial charge in [0.25, 0.3) is 0 Å². The van der Waals surface area contributed by atoms with Gasteiger partial charge in [0, 0.05) is 17.7 Å². The highest BCUT2D eigenvalue weighted by molar-refractivity contribution is 7.99. The summed E-state index contributed by atoms with van der Waals surface area (Å²) in [7, 11) is 0. The van der Waals surface area contributed by atoms with Crippen LogP contribution in [0.4, 0.5) is 0 Å². The van der Waals surface area contributed by atoms with Crippen molar-refractivity contribution in [2.45, 2.75) is 49.8 Å². The quantitative estimate of drug-likeness (QED) is 0.843. The van der Waals surface area contributed by atoms with E-state index in [-0.39, 0.29) is 0 Å². The fraction of sp³-hybridized carbons (Fsp3) is 0.818. The number of hydrogen-bond donors (Lipinski definition) is 1. The van der Waals surface area contributed by atoms with Gasteiger partial charge in [-0.2, -0.15) is 16.9 Å². The van der Waals surface area contributed by atoms with Crippen LogP contribution in [0.15, 0.2) is 0 Å². The molecule has 1 N–H and O–H groups in total. The Labute approximate surface area is 105 Å². The van der Waals surface area contributed by atoms with Gasteiger partial charge >= 0.3 is 0 Å². The molecule has 2 heterocycles. The zero-order chi connectivity index (χ0) is 11.0. The number of H-pyrrole nitrogens is 1. The van der Waals surface area contributed by atoms with Crippen LogP contribution in [-0.2, 0) is 6.54 Å². The molecule has 0 bridgehead atoms. The molecule has 1 saturated heterocycles. The number of aromatic nitrogens is 3. The molecule has 1 aromatic rings. The zero-order valence-electron chi connectivity index (χ0n) is 9.32. The monoisotopic (exact) mass is 255 g/mol. The Hall–Kier alpha value is -0.290. The van der Waals surface area contributed by atoms with Crippen molar-refractivity contribution in [3.63, 3.8) is 0 Å². The average Bonchev–Trinajstić information content (AvgIpc) is 3.08. The van der Waals surface area contributed by atoms with Gasteiger partial charge in [-0.25, -0.2) is 0 Å². The summed E-state index contributed by atoms with van der Waals surface area (Å²) in [5.41, 5.74) is 0. The van der Waals surface area contributed by atoms with Crippen LogP contribution >= 0.6 is 24.0 Å². The first-order valence-electron chi connectivity index (χ1n) is 6.11. The summed E-state index contributed by atoms with van der Waals surface area (Å²) >= 11 is 7.43. The third-order valence-electron chi connectivity index (χ3n) is 3.39. The molecular formula is C11H17N3S2. The molecular weight excluding hydrogens is 238 g/mol. The molecule has 0 spiro atoms. The van der Waals surface area contributed by atoms with E-state index in [1.165, 1.54) is 43.7 Å². The lowest BCUT2D eigenvalue weighted by atomic mass is 10.2. The molecule has 1 unspecified atom stereocenters. The summed E-state index contributed by atoms with van der Waals surface area (Å²) in [6.07, 6.45) is 6.67. The smallest absolute Gasteiger partial charge is 0.195 e. The number of nitrogens with one attached hydrogen (secondary N) is 1. The van der Waals surface area contributed by atoms with Gasteiger partial charge in [-0.1, -0.05) is 6.42 Å². The van der Waals surface area contributed by atoms with Crippen molar-refractivity contribution in [2.75, 3.05) is 5.75 Å². The Bertz CT molecular complexity index is 413. The number of hydrogen-bond acceptors (Lipinski definition) is 3. The standard InChI is InChI=1S/C11H17N3S2/c15-11-13-12-10(8-4-5-8)14(11)7-9-3-1-2-6-16-9/h8-9H,1-7H2,(H,13,15). The second kappa shape index (κ2) is 4.53. The summed E-state index contributed by atoms with van der Waals surface area (Å²) in [5.74, 6) is 3.20. The van der Waals surface area contributed by atoms with Crippen molar-refractivity contribution in [1.82, 2.24) is 14.8 Å². The van der Waals surface area contributed by atoms with Gasteiger partial charge in [0.1, 0.15) is 5.82 Å². The van der Waals surface area contributed by atoms with Gasteiger partial charge in [-0.15, -0.1) is 0 Å². The lowest BCUT2D eigenvalue weighted by Crippen LogP contribution is -2.18. The van der Waals surface area contributed by atoms with Crippen molar-refractivity contribution in [3.8, 4) is 0 Å². The Morgan fingerprint density at radius 3 is 2.94 bits per heavy atom. The van der Waals surface area contributed by atoms with Gasteiger partial charge in [0.2, 0.25) is 0 Å². The van der Waals surface area contributed by atoms with E-state index in [0.29, 0.717) is 5.92 Å². The van der Waals surface area contributed by atoms with Gasteiger partial charge in [0.05, 0.1) is 0 Å². The predicted molar refractivity (Wildman–Crippen MR) is 69.5 cm³/mol. The number of aromatic amines is 1. The topological polar surface area (TPSA) is 33.6 Å². The third-order valence-corrected chi connectivity index (χ3v) is 5.08. The van der Waals surface area contributed by atoms with Crippen molar-refractivity contribution in [3.05, 3.63) is 10.6 Å². The molecule has 88 valence electrons. The zero-order valence-corrected chi connectivity index (χ0v) is 10.9. The van der Waals surface area contributed by atoms with Gasteiger partial charge < -0.3 is 4.57 Å². The normalized spacial score (nSPS) is 25.9. The van der Waals surface area contributed by atoms with E-state index in [0.717, 1.165) is 16.6 Å². The summed E-state index contributed by atoms with van der Waals surface area (Å²) in [6, 6.07) is 0. The first kappa shape index (κ1) is 10.8. The minimum atomic E-state index is 0.682. The molecule has 1 atom stereocenters. The van der Waals surface area contributed by atoms with E-state index in [9.17, 15) is 0 Å². The van der Waals surface area contributed by atoms with Gasteiger partial charge in [0.15, 0.2) is 4.77 Å². The molecule has 5 heteroatoms. The van der Waals surface area contributed by atoms with E-state index >= 15 is 0 Å². The minimum Gasteiger partial charge on any atom is -0.303 e. The lowest BCUT2D eigenvalue weighted by Gasteiger charge is -2.22. The molecule has 0 amide bonds. The Morgan fingerprint density at radius 1 is 1.38 bits per heavy atom. The van der Waals surface area contributed by atoms with Crippen molar-refractivity contribution >= 4 is 24.0 Å². The Kier molecular flexibility index (Phi) is 3.07. The van der Waals surface area contributed by atoms with Crippen molar-refractivity contribution < 1.29 is 0 Å². The molecule has 3 rings (SSSR count). The summed E-state index contributed by atoms with van der Waals surface area (Å²) in [5, 5.41) is 8.08. The molecule has 1 aromatic heterocycles. The number of thioether (sulfide) groups is 1. The van der Waals surface area contributed by atoms with E-state index in [4.69, 9.17) is 12.2 Å². The molecule has 1 saturated carbocycles. The van der Waals surface area contributed by atoms with Crippen molar-refractivity contribution in [2.24, 2.45) is 0 Å². The van der Waals surface area contributed by atoms with E-state index < -0.39 is 0 Å². The van der Waals surface area contributed by atoms with E-state index in [1.54, 1.807) is 0 Å². The highest BCUT2D eigenvalue weighted by atomic mass is 32.2. The molecule has 0 aromatic carbocycles. The molecule has 1 aliphatic carbocycles. The fourth-order valence-electron chi connectivity index (χ4n) is 2.31. The predicted octanol–water partition coefficient (Wildman–Crippen LogP) is 3.10. The maximum atomic E-state index is 5.32. The second-order valence-electron chi connectivity index (χ2n) is 4.76. The maximum Gasteiger partial charge on any atom is 0.195 e. The summed E-state index contributed by atoms with van der Waals surface area (Å²) < 4.78 is 3.06. The number of rotatable bonds is 3. The highest BCUT2D eigenvalue weighted by Gasteiger charge is 2.29. The van der Waals surface area contributed by atoms with Crippen LogP contribution in [0.3, 0.4) is 0 Å². The van der Waals surface area contributed by atoms with E-state index in [1.807, 2.05) is 0 Å². The average molecular weight is 255 g/mol. The third kappa shape index (κ3) is 2.20. The van der Waals surface area contributed by atoms with Crippen LogP contribution < -0.4 is 0 Å². The van der Waals surface area contributed by atoms with Crippen LogP contribution in [0.25, 0.3) is 0 Å². The maximum absolute atomic E-state index is 5.32. The first-order valence-corrected chi connectivity index (χ1v) is 7.57. The highest BCUT2D eigenvalue weighted by Crippen LogP contribution is 2.39. The molecule has 0 radical (unpaired) electrons. The minimum absolute atomic E-state index is 0.682.